The van der Waals surface area contributed by atoms with E-state index in [-0.39, 0.29) is 18.3 Å². The van der Waals surface area contributed by atoms with Gasteiger partial charge in [-0.05, 0) is 64.1 Å². The predicted octanol–water partition coefficient (Wildman–Crippen LogP) is 3.16. The first-order chi connectivity index (χ1) is 9.77. The van der Waals surface area contributed by atoms with E-state index >= 15 is 0 Å². The Kier molecular flexibility index (Phi) is 3.57. The van der Waals surface area contributed by atoms with Crippen LogP contribution in [0.2, 0.25) is 0 Å². The van der Waals surface area contributed by atoms with Gasteiger partial charge in [0.1, 0.15) is 5.75 Å². The number of benzene rings is 1. The van der Waals surface area contributed by atoms with Gasteiger partial charge in [-0.3, -0.25) is 0 Å². The highest BCUT2D eigenvalue weighted by atomic mass is 16.7. The molecular weight excluding hydrogens is 263 g/mol. The van der Waals surface area contributed by atoms with Crippen molar-refractivity contribution in [1.82, 2.24) is 0 Å². The first-order valence-corrected chi connectivity index (χ1v) is 7.89. The van der Waals surface area contributed by atoms with Crippen LogP contribution in [-0.2, 0) is 9.31 Å². The summed E-state index contributed by atoms with van der Waals surface area (Å²) in [7, 11) is -0.298. The van der Waals surface area contributed by atoms with E-state index in [4.69, 9.17) is 14.0 Å². The van der Waals surface area contributed by atoms with Crippen molar-refractivity contribution in [3.63, 3.8) is 0 Å². The topological polar surface area (TPSA) is 27.7 Å². The van der Waals surface area contributed by atoms with Crippen LogP contribution < -0.4 is 10.2 Å². The monoisotopic (exact) mass is 288 g/mol. The van der Waals surface area contributed by atoms with E-state index in [9.17, 15) is 0 Å². The number of hydrogen-bond acceptors (Lipinski definition) is 3. The Balaban J connectivity index is 1.65. The van der Waals surface area contributed by atoms with Crippen molar-refractivity contribution in [3.8, 4) is 5.75 Å². The summed E-state index contributed by atoms with van der Waals surface area (Å²) in [5.41, 5.74) is 0.451. The summed E-state index contributed by atoms with van der Waals surface area (Å²) in [4.78, 5) is 0. The average molecular weight is 288 g/mol. The zero-order valence-electron chi connectivity index (χ0n) is 13.7. The fraction of sp³-hybridized carbons (Fsp3) is 0.647. The smallest absolute Gasteiger partial charge is 0.490 e. The standard InChI is InChI=1S/C17H25BO3/c1-12-10-15(11-12)19-14-8-6-13(7-9-14)18-20-16(2,3)17(4,5)21-18/h6-9,12,15H,10-11H2,1-5H3. The van der Waals surface area contributed by atoms with Gasteiger partial charge in [0.15, 0.2) is 0 Å². The minimum Gasteiger partial charge on any atom is -0.490 e. The third-order valence-electron chi connectivity index (χ3n) is 5.04. The van der Waals surface area contributed by atoms with Crippen LogP contribution in [0.5, 0.6) is 5.75 Å². The molecule has 1 aliphatic heterocycles. The molecule has 0 radical (unpaired) electrons. The number of ether oxygens (including phenoxy) is 1. The molecule has 4 heteroatoms. The lowest BCUT2D eigenvalue weighted by molar-refractivity contribution is 0.00578. The first kappa shape index (κ1) is 14.9. The lowest BCUT2D eigenvalue weighted by Gasteiger charge is -2.32. The molecule has 0 aromatic heterocycles. The van der Waals surface area contributed by atoms with Crippen molar-refractivity contribution in [2.45, 2.75) is 64.8 Å². The van der Waals surface area contributed by atoms with Gasteiger partial charge in [0.2, 0.25) is 0 Å². The molecule has 0 spiro atoms. The van der Waals surface area contributed by atoms with Gasteiger partial charge in [-0.25, -0.2) is 0 Å². The molecule has 0 N–H and O–H groups in total. The minimum absolute atomic E-state index is 0.297. The normalized spacial score (nSPS) is 30.0. The van der Waals surface area contributed by atoms with Crippen LogP contribution in [0.1, 0.15) is 47.5 Å². The van der Waals surface area contributed by atoms with Crippen LogP contribution >= 0.6 is 0 Å². The molecule has 114 valence electrons. The van der Waals surface area contributed by atoms with E-state index < -0.39 is 0 Å². The SMILES string of the molecule is CC1CC(Oc2ccc(B3OC(C)(C)C(C)(C)O3)cc2)C1. The molecule has 0 amide bonds. The van der Waals surface area contributed by atoms with Crippen LogP contribution in [0, 0.1) is 5.92 Å². The highest BCUT2D eigenvalue weighted by Gasteiger charge is 2.51. The van der Waals surface area contributed by atoms with Crippen LogP contribution in [0.15, 0.2) is 24.3 Å². The second-order valence-corrected chi connectivity index (χ2v) is 7.47. The Morgan fingerprint density at radius 3 is 2.00 bits per heavy atom. The highest BCUT2D eigenvalue weighted by molar-refractivity contribution is 6.62. The van der Waals surface area contributed by atoms with Crippen molar-refractivity contribution in [2.24, 2.45) is 5.92 Å². The van der Waals surface area contributed by atoms with E-state index in [1.54, 1.807) is 0 Å². The fourth-order valence-electron chi connectivity index (χ4n) is 2.80. The van der Waals surface area contributed by atoms with Gasteiger partial charge in [-0.2, -0.15) is 0 Å². The molecule has 1 heterocycles. The molecule has 1 saturated carbocycles. The summed E-state index contributed by atoms with van der Waals surface area (Å²) < 4.78 is 18.0. The molecule has 0 bridgehead atoms. The summed E-state index contributed by atoms with van der Waals surface area (Å²) in [6, 6.07) is 8.12. The van der Waals surface area contributed by atoms with Gasteiger partial charge in [-0.15, -0.1) is 0 Å². The van der Waals surface area contributed by atoms with Gasteiger partial charge in [-0.1, -0.05) is 19.1 Å². The predicted molar refractivity (Wildman–Crippen MR) is 85.0 cm³/mol. The second kappa shape index (κ2) is 5.03. The van der Waals surface area contributed by atoms with Crippen molar-refractivity contribution in [1.29, 1.82) is 0 Å². The molecule has 2 aliphatic rings. The van der Waals surface area contributed by atoms with Gasteiger partial charge in [0.05, 0.1) is 17.3 Å². The average Bonchev–Trinajstić information content (AvgIpc) is 2.57. The van der Waals surface area contributed by atoms with Gasteiger partial charge < -0.3 is 14.0 Å². The van der Waals surface area contributed by atoms with Crippen LogP contribution in [0.25, 0.3) is 0 Å². The van der Waals surface area contributed by atoms with E-state index in [0.29, 0.717) is 6.10 Å². The molecule has 21 heavy (non-hydrogen) atoms. The second-order valence-electron chi connectivity index (χ2n) is 7.47. The number of rotatable bonds is 3. The van der Waals surface area contributed by atoms with Crippen molar-refractivity contribution < 1.29 is 14.0 Å². The summed E-state index contributed by atoms with van der Waals surface area (Å²) in [5.74, 6) is 1.74. The summed E-state index contributed by atoms with van der Waals surface area (Å²) in [6.07, 6.45) is 2.72. The van der Waals surface area contributed by atoms with Crippen molar-refractivity contribution >= 4 is 12.6 Å². The molecule has 0 unspecified atom stereocenters. The minimum atomic E-state index is -0.298. The molecule has 2 fully saturated rings. The van der Waals surface area contributed by atoms with E-state index in [0.717, 1.165) is 17.1 Å². The van der Waals surface area contributed by atoms with Gasteiger partial charge in [0.25, 0.3) is 0 Å². The zero-order chi connectivity index (χ0) is 15.3. The molecule has 1 aromatic rings. The lowest BCUT2D eigenvalue weighted by atomic mass is 9.79. The molecule has 1 aliphatic carbocycles. The summed E-state index contributed by atoms with van der Waals surface area (Å²) in [5, 5.41) is 0. The zero-order valence-corrected chi connectivity index (χ0v) is 13.7. The lowest BCUT2D eigenvalue weighted by Crippen LogP contribution is -2.41. The Bertz CT molecular complexity index is 487. The van der Waals surface area contributed by atoms with E-state index in [2.05, 4.69) is 34.6 Å². The summed E-state index contributed by atoms with van der Waals surface area (Å²) >= 11 is 0. The maximum absolute atomic E-state index is 6.05. The largest absolute Gasteiger partial charge is 0.494 e. The molecular formula is C17H25BO3. The fourth-order valence-corrected chi connectivity index (χ4v) is 2.80. The maximum atomic E-state index is 6.05. The molecule has 3 rings (SSSR count). The molecule has 1 aromatic carbocycles. The molecule has 3 nitrogen and oxygen atoms in total. The van der Waals surface area contributed by atoms with Crippen molar-refractivity contribution in [2.75, 3.05) is 0 Å². The van der Waals surface area contributed by atoms with Gasteiger partial charge >= 0.3 is 7.12 Å². The van der Waals surface area contributed by atoms with E-state index in [1.807, 2.05) is 24.3 Å². The van der Waals surface area contributed by atoms with Gasteiger partial charge in [0, 0.05) is 0 Å². The Hall–Kier alpha value is -0.995. The molecule has 0 atom stereocenters. The van der Waals surface area contributed by atoms with E-state index in [1.165, 1.54) is 12.8 Å². The Morgan fingerprint density at radius 1 is 1.00 bits per heavy atom. The van der Waals surface area contributed by atoms with Crippen molar-refractivity contribution in [3.05, 3.63) is 24.3 Å². The first-order valence-electron chi connectivity index (χ1n) is 7.89. The Morgan fingerprint density at radius 2 is 1.52 bits per heavy atom. The van der Waals surface area contributed by atoms with Crippen LogP contribution in [0.3, 0.4) is 0 Å². The van der Waals surface area contributed by atoms with Crippen LogP contribution in [-0.4, -0.2) is 24.4 Å². The maximum Gasteiger partial charge on any atom is 0.494 e. The highest BCUT2D eigenvalue weighted by Crippen LogP contribution is 2.36. The third kappa shape index (κ3) is 2.84. The number of hydrogen-bond donors (Lipinski definition) is 0. The van der Waals surface area contributed by atoms with Crippen LogP contribution in [0.4, 0.5) is 0 Å². The third-order valence-corrected chi connectivity index (χ3v) is 5.04. The molecule has 1 saturated heterocycles. The summed E-state index contributed by atoms with van der Waals surface area (Å²) in [6.45, 7) is 10.6. The Labute approximate surface area is 128 Å². The quantitative estimate of drug-likeness (QED) is 0.800.